The second kappa shape index (κ2) is 11.7. The summed E-state index contributed by atoms with van der Waals surface area (Å²) in [5.74, 6) is -2.17. The van der Waals surface area contributed by atoms with Crippen LogP contribution in [0.1, 0.15) is 58.8 Å². The van der Waals surface area contributed by atoms with E-state index in [2.05, 4.69) is 0 Å². The normalized spacial score (nSPS) is 18.4. The number of carbonyl (C=O) groups excluding carboxylic acids is 2. The van der Waals surface area contributed by atoms with Gasteiger partial charge < -0.3 is 10.5 Å². The molecule has 1 aromatic heterocycles. The molecular weight excluding hydrogens is 623 g/mol. The zero-order chi connectivity index (χ0) is 33.0. The molecule has 2 N–H and O–H groups in total. The van der Waals surface area contributed by atoms with Crippen LogP contribution in [-0.2, 0) is 32.2 Å². The molecule has 1 unspecified atom stereocenters. The van der Waals surface area contributed by atoms with E-state index in [0.29, 0.717) is 23.0 Å². The van der Waals surface area contributed by atoms with E-state index in [-0.39, 0.29) is 23.1 Å². The summed E-state index contributed by atoms with van der Waals surface area (Å²) in [5, 5.41) is 0.850. The van der Waals surface area contributed by atoms with Gasteiger partial charge in [0.2, 0.25) is 0 Å². The lowest BCUT2D eigenvalue weighted by molar-refractivity contribution is -0.145. The van der Waals surface area contributed by atoms with Crippen molar-refractivity contribution in [1.29, 1.82) is 0 Å². The fraction of sp³-hybridized carbons (Fsp3) is 0.303. The van der Waals surface area contributed by atoms with Gasteiger partial charge in [-0.25, -0.2) is 13.2 Å². The van der Waals surface area contributed by atoms with E-state index in [0.717, 1.165) is 53.2 Å². The SMILES string of the molecule is COC(=O)C1CN(C2CCCC2)S(=O)(=O)c2c(-c3cccc(C(F)(F)F)c3)c(Cc3cccc4ccccc34)c(C(N)=O)c(=O)n21. The van der Waals surface area contributed by atoms with E-state index in [1.165, 1.54) is 6.07 Å². The lowest BCUT2D eigenvalue weighted by atomic mass is 9.89. The Hall–Kier alpha value is -4.49. The van der Waals surface area contributed by atoms with Crippen molar-refractivity contribution < 1.29 is 35.9 Å². The van der Waals surface area contributed by atoms with E-state index >= 15 is 0 Å². The Morgan fingerprint density at radius 2 is 1.67 bits per heavy atom. The second-order valence-electron chi connectivity index (χ2n) is 11.5. The van der Waals surface area contributed by atoms with Crippen molar-refractivity contribution in [2.75, 3.05) is 13.7 Å². The maximum absolute atomic E-state index is 14.6. The van der Waals surface area contributed by atoms with Crippen molar-refractivity contribution in [3.8, 4) is 11.1 Å². The number of ether oxygens (including phenoxy) is 1. The van der Waals surface area contributed by atoms with E-state index in [9.17, 15) is 36.0 Å². The highest BCUT2D eigenvalue weighted by atomic mass is 32.2. The fourth-order valence-electron chi connectivity index (χ4n) is 6.78. The first-order valence-electron chi connectivity index (χ1n) is 14.7. The number of hydrogen-bond acceptors (Lipinski definition) is 6. The predicted octanol–water partition coefficient (Wildman–Crippen LogP) is 5.04. The van der Waals surface area contributed by atoms with Gasteiger partial charge in [0.1, 0.15) is 11.6 Å². The lowest BCUT2D eigenvalue weighted by Crippen LogP contribution is -2.53. The van der Waals surface area contributed by atoms with Gasteiger partial charge in [-0.15, -0.1) is 0 Å². The number of carbonyl (C=O) groups is 2. The number of halogens is 3. The van der Waals surface area contributed by atoms with Gasteiger partial charge in [-0.1, -0.05) is 67.4 Å². The molecule has 1 amide bonds. The smallest absolute Gasteiger partial charge is 0.416 e. The van der Waals surface area contributed by atoms with Gasteiger partial charge in [0, 0.05) is 18.2 Å². The Kier molecular flexibility index (Phi) is 8.01. The summed E-state index contributed by atoms with van der Waals surface area (Å²) in [4.78, 5) is 40.6. The van der Waals surface area contributed by atoms with Crippen molar-refractivity contribution in [2.24, 2.45) is 5.73 Å². The van der Waals surface area contributed by atoms with Crippen LogP contribution in [0, 0.1) is 0 Å². The summed E-state index contributed by atoms with van der Waals surface area (Å²) < 4.78 is 78.2. The molecule has 0 radical (unpaired) electrons. The number of hydrogen-bond donors (Lipinski definition) is 1. The molecule has 1 atom stereocenters. The average Bonchev–Trinajstić information content (AvgIpc) is 3.55. The molecule has 240 valence electrons. The zero-order valence-corrected chi connectivity index (χ0v) is 25.5. The van der Waals surface area contributed by atoms with Crippen LogP contribution < -0.4 is 11.3 Å². The Morgan fingerprint density at radius 1 is 1.00 bits per heavy atom. The van der Waals surface area contributed by atoms with Gasteiger partial charge in [0.25, 0.3) is 21.5 Å². The van der Waals surface area contributed by atoms with Gasteiger partial charge in [0.15, 0.2) is 5.03 Å². The van der Waals surface area contributed by atoms with Crippen molar-refractivity contribution in [1.82, 2.24) is 8.87 Å². The van der Waals surface area contributed by atoms with Crippen molar-refractivity contribution in [3.05, 3.63) is 99.3 Å². The maximum Gasteiger partial charge on any atom is 0.416 e. The van der Waals surface area contributed by atoms with Crippen molar-refractivity contribution >= 4 is 32.7 Å². The summed E-state index contributed by atoms with van der Waals surface area (Å²) in [6, 6.07) is 14.5. The molecule has 9 nitrogen and oxygen atoms in total. The Labute approximate surface area is 262 Å². The molecule has 0 bridgehead atoms. The number of benzene rings is 3. The molecule has 1 aliphatic heterocycles. The van der Waals surface area contributed by atoms with E-state index < -0.39 is 68.4 Å². The third-order valence-corrected chi connectivity index (χ3v) is 10.8. The highest BCUT2D eigenvalue weighted by molar-refractivity contribution is 7.89. The minimum absolute atomic E-state index is 0.153. The molecule has 0 spiro atoms. The molecule has 2 heterocycles. The van der Waals surface area contributed by atoms with Crippen molar-refractivity contribution in [3.63, 3.8) is 0 Å². The number of nitrogens with two attached hydrogens (primary N) is 1. The predicted molar refractivity (Wildman–Crippen MR) is 164 cm³/mol. The lowest BCUT2D eigenvalue weighted by Gasteiger charge is -2.38. The van der Waals surface area contributed by atoms with Gasteiger partial charge in [-0.3, -0.25) is 14.2 Å². The van der Waals surface area contributed by atoms with Crippen molar-refractivity contribution in [2.45, 2.75) is 55.4 Å². The van der Waals surface area contributed by atoms with E-state index in [1.807, 2.05) is 18.2 Å². The van der Waals surface area contributed by atoms with E-state index in [4.69, 9.17) is 10.5 Å². The number of primary amides is 1. The third-order valence-electron chi connectivity index (χ3n) is 8.86. The van der Waals surface area contributed by atoms with Gasteiger partial charge in [-0.05, 0) is 58.9 Å². The van der Waals surface area contributed by atoms with Gasteiger partial charge >= 0.3 is 12.1 Å². The summed E-state index contributed by atoms with van der Waals surface area (Å²) in [6.45, 7) is -0.449. The first kappa shape index (κ1) is 31.5. The molecule has 1 saturated carbocycles. The number of aromatic nitrogens is 1. The molecule has 46 heavy (non-hydrogen) atoms. The summed E-state index contributed by atoms with van der Waals surface area (Å²) in [6.07, 6.45) is -2.56. The summed E-state index contributed by atoms with van der Waals surface area (Å²) in [7, 11) is -3.56. The molecule has 13 heteroatoms. The van der Waals surface area contributed by atoms with Crippen LogP contribution in [0.2, 0.25) is 0 Å². The number of alkyl halides is 3. The van der Waals surface area contributed by atoms with Crippen LogP contribution in [-0.4, -0.2) is 48.9 Å². The maximum atomic E-state index is 14.6. The molecule has 1 fully saturated rings. The minimum atomic E-state index is -4.80. The fourth-order valence-corrected chi connectivity index (χ4v) is 8.90. The van der Waals surface area contributed by atoms with Crippen LogP contribution in [0.4, 0.5) is 13.2 Å². The van der Waals surface area contributed by atoms with Crippen LogP contribution in [0.3, 0.4) is 0 Å². The van der Waals surface area contributed by atoms with Crippen LogP contribution in [0.5, 0.6) is 0 Å². The van der Waals surface area contributed by atoms with E-state index in [1.54, 1.807) is 24.3 Å². The summed E-state index contributed by atoms with van der Waals surface area (Å²) in [5.41, 5.74) is 2.87. The zero-order valence-electron chi connectivity index (χ0n) is 24.7. The quantitative estimate of drug-likeness (QED) is 0.291. The molecule has 4 aromatic rings. The minimum Gasteiger partial charge on any atom is -0.467 e. The average molecular weight is 654 g/mol. The first-order chi connectivity index (χ1) is 21.8. The first-order valence-corrected chi connectivity index (χ1v) is 16.1. The topological polar surface area (TPSA) is 129 Å². The summed E-state index contributed by atoms with van der Waals surface area (Å²) >= 11 is 0. The molecule has 0 saturated heterocycles. The number of sulfonamides is 1. The number of nitrogens with zero attached hydrogens (tertiary/aromatic N) is 2. The van der Waals surface area contributed by atoms with Crippen LogP contribution in [0.25, 0.3) is 21.9 Å². The number of rotatable bonds is 6. The number of fused-ring (bicyclic) bond motifs is 2. The number of methoxy groups -OCH3 is 1. The van der Waals surface area contributed by atoms with Crippen LogP contribution >= 0.6 is 0 Å². The highest BCUT2D eigenvalue weighted by Gasteiger charge is 2.48. The Bertz CT molecular complexity index is 2050. The Balaban J connectivity index is 1.78. The monoisotopic (exact) mass is 653 g/mol. The molecule has 2 aliphatic rings. The molecule has 1 aliphatic carbocycles. The molecule has 3 aromatic carbocycles. The van der Waals surface area contributed by atoms with Gasteiger partial charge in [-0.2, -0.15) is 17.5 Å². The van der Waals surface area contributed by atoms with Gasteiger partial charge in [0.05, 0.1) is 12.7 Å². The standard InChI is InChI=1S/C33H30F3N3O6S/c1-45-32(42)26-18-38(23-13-3-4-14-23)46(43,44)31-27(21-11-7-12-22(16-21)33(34,35)36)25(28(29(37)40)30(41)39(26)31)17-20-10-6-9-19-8-2-5-15-24(19)20/h2,5-12,15-16,23,26H,3-4,13-14,17-18H2,1H3,(H2,37,40). The molecular formula is C33H30F3N3O6S. The number of amides is 1. The highest BCUT2D eigenvalue weighted by Crippen LogP contribution is 2.43. The molecule has 6 rings (SSSR count). The third kappa shape index (κ3) is 5.26. The number of esters is 1. The largest absolute Gasteiger partial charge is 0.467 e. The van der Waals surface area contributed by atoms with Crippen LogP contribution in [0.15, 0.2) is 76.6 Å². The second-order valence-corrected chi connectivity index (χ2v) is 13.3. The Morgan fingerprint density at radius 3 is 2.35 bits per heavy atom. The number of pyridine rings is 1.